The quantitative estimate of drug-likeness (QED) is 0.0785. The molecule has 0 amide bonds. The Labute approximate surface area is 269 Å². The monoisotopic (exact) mass is 668 g/mol. The molecule has 5 aromatic rings. The number of carbonyl (C=O) groups excluding carboxylic acids is 1. The summed E-state index contributed by atoms with van der Waals surface area (Å²) in [5, 5.41) is 12.0. The fourth-order valence-corrected chi connectivity index (χ4v) is 6.27. The lowest BCUT2D eigenvalue weighted by Crippen LogP contribution is -2.17. The van der Waals surface area contributed by atoms with Gasteiger partial charge in [0.15, 0.2) is 0 Å². The Morgan fingerprint density at radius 3 is 2.56 bits per heavy atom. The van der Waals surface area contributed by atoms with Crippen molar-refractivity contribution in [1.29, 1.82) is 0 Å². The van der Waals surface area contributed by atoms with Gasteiger partial charge in [-0.1, -0.05) is 70.5 Å². The number of carbonyl (C=O) groups is 1. The molecule has 230 valence electrons. The fourth-order valence-electron chi connectivity index (χ4n) is 5.88. The molecular weight excluding hydrogens is 628 g/mol. The van der Waals surface area contributed by atoms with Gasteiger partial charge >= 0.3 is 5.97 Å². The number of halogens is 2. The van der Waals surface area contributed by atoms with Crippen LogP contribution in [0.3, 0.4) is 0 Å². The zero-order chi connectivity index (χ0) is 29.6. The zero-order valence-electron chi connectivity index (χ0n) is 25.3. The van der Waals surface area contributed by atoms with Crippen molar-refractivity contribution >= 4 is 56.0 Å². The van der Waals surface area contributed by atoms with Gasteiger partial charge in [-0.3, -0.25) is 4.68 Å². The van der Waals surface area contributed by atoms with Crippen LogP contribution in [0.15, 0.2) is 60.7 Å². The van der Waals surface area contributed by atoms with Crippen LogP contribution in [0, 0.1) is 6.92 Å². The molecule has 0 atom stereocenters. The number of hydrogen-bond acceptors (Lipinski definition) is 5. The third-order valence-electron chi connectivity index (χ3n) is 7.84. The van der Waals surface area contributed by atoms with Crippen LogP contribution in [0.2, 0.25) is 0 Å². The van der Waals surface area contributed by atoms with E-state index in [1.807, 2.05) is 50.0 Å². The Morgan fingerprint density at radius 1 is 1.05 bits per heavy atom. The van der Waals surface area contributed by atoms with Gasteiger partial charge in [0, 0.05) is 47.9 Å². The van der Waals surface area contributed by atoms with Gasteiger partial charge in [0.2, 0.25) is 0 Å². The highest BCUT2D eigenvalue weighted by Crippen LogP contribution is 2.39. The van der Waals surface area contributed by atoms with E-state index >= 15 is 0 Å². The number of esters is 1. The molecule has 0 aliphatic carbocycles. The van der Waals surface area contributed by atoms with Crippen LogP contribution in [0.1, 0.15) is 48.6 Å². The van der Waals surface area contributed by atoms with Crippen LogP contribution in [0.5, 0.6) is 5.75 Å². The van der Waals surface area contributed by atoms with E-state index < -0.39 is 0 Å². The number of ether oxygens (including phenoxy) is 2. The molecule has 0 bridgehead atoms. The first kappa shape index (κ1) is 32.6. The number of aryl methyl sites for hydroxylation is 3. The number of alkyl halides is 1. The van der Waals surface area contributed by atoms with Crippen molar-refractivity contribution in [1.82, 2.24) is 19.7 Å². The average molecular weight is 670 g/mol. The molecule has 7 nitrogen and oxygen atoms in total. The Kier molecular flexibility index (Phi) is 11.3. The molecule has 0 fully saturated rings. The lowest BCUT2D eigenvalue weighted by Gasteiger charge is -2.14. The average Bonchev–Trinajstić information content (AvgIpc) is 3.48. The smallest absolute Gasteiger partial charge is 0.355 e. The first-order chi connectivity index (χ1) is 20.5. The summed E-state index contributed by atoms with van der Waals surface area (Å²) in [6.45, 7) is 6.35. The molecular formula is C34H42BrClN4O3. The highest BCUT2D eigenvalue weighted by Gasteiger charge is 2.27. The third-order valence-corrected chi connectivity index (χ3v) is 8.38. The van der Waals surface area contributed by atoms with Crippen molar-refractivity contribution in [3.8, 4) is 16.9 Å². The molecule has 3 aromatic carbocycles. The number of benzene rings is 3. The third kappa shape index (κ3) is 6.61. The van der Waals surface area contributed by atoms with E-state index in [0.717, 1.165) is 74.9 Å². The van der Waals surface area contributed by atoms with Gasteiger partial charge in [0.1, 0.15) is 11.4 Å². The molecule has 0 aliphatic rings. The molecule has 1 N–H and O–H groups in total. The SMILES string of the molecule is CCOC(=O)c1c(CCCOc2cccc3ccccc23)c2cccc(-c3c(CBr)nn(C)c3C)c2n1CCCNC.Cl.[HH]. The fraction of sp³-hybridized carbons (Fsp3) is 0.353. The standard InChI is InChI=1S/C34H39BrN4O3.ClH.H2/c1-5-41-34(40)33-27(17-10-21-42-30-18-8-13-24-12-6-7-14-25(24)30)26-15-9-16-28(32(26)39(33)20-11-19-36-3)31-23(2)38(4)37-29(31)22-35;;/h6-9,12-16,18,36H,5,10-11,17,19-22H2,1-4H3;2*1H. The largest absolute Gasteiger partial charge is 0.493 e. The summed E-state index contributed by atoms with van der Waals surface area (Å²) in [7, 11) is 3.93. The molecule has 0 radical (unpaired) electrons. The topological polar surface area (TPSA) is 70.3 Å². The zero-order valence-corrected chi connectivity index (χ0v) is 27.7. The molecule has 9 heteroatoms. The summed E-state index contributed by atoms with van der Waals surface area (Å²) in [4.78, 5) is 13.6. The van der Waals surface area contributed by atoms with E-state index in [9.17, 15) is 4.79 Å². The lowest BCUT2D eigenvalue weighted by molar-refractivity contribution is 0.0512. The summed E-state index contributed by atoms with van der Waals surface area (Å²) in [6.07, 6.45) is 2.32. The molecule has 2 aromatic heterocycles. The predicted octanol–water partition coefficient (Wildman–Crippen LogP) is 7.86. The van der Waals surface area contributed by atoms with Crippen LogP contribution >= 0.6 is 28.3 Å². The van der Waals surface area contributed by atoms with Crippen LogP contribution in [0.4, 0.5) is 0 Å². The van der Waals surface area contributed by atoms with E-state index in [2.05, 4.69) is 69.1 Å². The first-order valence-corrected chi connectivity index (χ1v) is 15.8. The van der Waals surface area contributed by atoms with Crippen molar-refractivity contribution in [2.75, 3.05) is 26.8 Å². The van der Waals surface area contributed by atoms with E-state index in [1.165, 1.54) is 0 Å². The molecule has 0 unspecified atom stereocenters. The number of nitrogens with one attached hydrogen (secondary N) is 1. The maximum atomic E-state index is 13.6. The van der Waals surface area contributed by atoms with Crippen LogP contribution in [-0.4, -0.2) is 47.1 Å². The highest BCUT2D eigenvalue weighted by molar-refractivity contribution is 9.08. The number of rotatable bonds is 13. The molecule has 0 saturated carbocycles. The normalized spacial score (nSPS) is 11.2. The summed E-state index contributed by atoms with van der Waals surface area (Å²) in [5.74, 6) is 0.600. The van der Waals surface area contributed by atoms with Gasteiger partial charge in [0.25, 0.3) is 0 Å². The van der Waals surface area contributed by atoms with Gasteiger partial charge in [-0.25, -0.2) is 4.79 Å². The Balaban J connectivity index is 0.00000264. The van der Waals surface area contributed by atoms with Crippen LogP contribution in [0.25, 0.3) is 32.8 Å². The van der Waals surface area contributed by atoms with Crippen molar-refractivity contribution in [3.63, 3.8) is 0 Å². The molecule has 0 aliphatic heterocycles. The first-order valence-electron chi connectivity index (χ1n) is 14.6. The summed E-state index contributed by atoms with van der Waals surface area (Å²) < 4.78 is 16.1. The van der Waals surface area contributed by atoms with Crippen molar-refractivity contribution in [3.05, 3.63) is 83.3 Å². The van der Waals surface area contributed by atoms with Gasteiger partial charge in [0.05, 0.1) is 24.4 Å². The minimum atomic E-state index is -0.280. The van der Waals surface area contributed by atoms with Gasteiger partial charge in [-0.2, -0.15) is 5.10 Å². The molecule has 5 rings (SSSR count). The second kappa shape index (κ2) is 14.9. The Bertz CT molecular complexity index is 1710. The summed E-state index contributed by atoms with van der Waals surface area (Å²) in [5.41, 5.74) is 6.96. The molecule has 0 saturated heterocycles. The Hall–Kier alpha value is -3.33. The maximum absolute atomic E-state index is 13.6. The van der Waals surface area contributed by atoms with Crippen molar-refractivity contribution in [2.24, 2.45) is 7.05 Å². The van der Waals surface area contributed by atoms with E-state index in [-0.39, 0.29) is 19.8 Å². The van der Waals surface area contributed by atoms with Gasteiger partial charge in [-0.05, 0) is 63.7 Å². The van der Waals surface area contributed by atoms with Crippen LogP contribution < -0.4 is 10.1 Å². The number of aromatic nitrogens is 3. The Morgan fingerprint density at radius 2 is 1.79 bits per heavy atom. The van der Waals surface area contributed by atoms with E-state index in [0.29, 0.717) is 37.2 Å². The second-order valence-corrected chi connectivity index (χ2v) is 11.0. The van der Waals surface area contributed by atoms with Gasteiger partial charge < -0.3 is 19.4 Å². The highest BCUT2D eigenvalue weighted by atomic mass is 79.9. The van der Waals surface area contributed by atoms with Crippen molar-refractivity contribution < 1.29 is 15.7 Å². The minimum Gasteiger partial charge on any atom is -0.493 e. The second-order valence-electron chi connectivity index (χ2n) is 10.5. The predicted molar refractivity (Wildman–Crippen MR) is 183 cm³/mol. The summed E-state index contributed by atoms with van der Waals surface area (Å²) in [6, 6.07) is 20.8. The molecule has 2 heterocycles. The van der Waals surface area contributed by atoms with E-state index in [1.54, 1.807) is 0 Å². The van der Waals surface area contributed by atoms with Gasteiger partial charge in [-0.15, -0.1) is 12.4 Å². The number of fused-ring (bicyclic) bond motifs is 2. The van der Waals surface area contributed by atoms with Crippen molar-refractivity contribution in [2.45, 2.75) is 45.0 Å². The number of hydrogen-bond donors (Lipinski definition) is 1. The van der Waals surface area contributed by atoms with E-state index in [4.69, 9.17) is 14.6 Å². The van der Waals surface area contributed by atoms with Crippen LogP contribution in [-0.2, 0) is 30.1 Å². The maximum Gasteiger partial charge on any atom is 0.355 e. The number of nitrogens with zero attached hydrogens (tertiary/aromatic N) is 3. The number of para-hydroxylation sites is 1. The lowest BCUT2D eigenvalue weighted by atomic mass is 9.98. The molecule has 43 heavy (non-hydrogen) atoms. The molecule has 0 spiro atoms. The minimum absolute atomic E-state index is 0. The summed E-state index contributed by atoms with van der Waals surface area (Å²) >= 11 is 3.65.